The average molecular weight is 370 g/mol. The third-order valence-electron chi connectivity index (χ3n) is 4.17. The predicted octanol–water partition coefficient (Wildman–Crippen LogP) is 5.26. The van der Waals surface area contributed by atoms with Crippen LogP contribution in [0.4, 0.5) is 13.2 Å². The lowest BCUT2D eigenvalue weighted by molar-refractivity contribution is -0.137. The number of nitrogens with one attached hydrogen (secondary N) is 1. The number of carbonyl (C=O) groups excluding carboxylic acids is 1. The normalized spacial score (nSPS) is 12.4. The van der Waals surface area contributed by atoms with Crippen LogP contribution < -0.4 is 5.32 Å². The van der Waals surface area contributed by atoms with E-state index in [0.29, 0.717) is 16.7 Å². The Bertz CT molecular complexity index is 922. The van der Waals surface area contributed by atoms with Crippen LogP contribution in [-0.4, -0.2) is 10.9 Å². The molecule has 1 heterocycles. The second kappa shape index (κ2) is 7.61. The van der Waals surface area contributed by atoms with Crippen molar-refractivity contribution in [1.29, 1.82) is 0 Å². The zero-order chi connectivity index (χ0) is 19.4. The Kier molecular flexibility index (Phi) is 5.26. The molecule has 1 unspecified atom stereocenters. The van der Waals surface area contributed by atoms with Gasteiger partial charge < -0.3 is 5.32 Å². The number of aromatic nitrogens is 1. The van der Waals surface area contributed by atoms with E-state index in [1.807, 2.05) is 19.1 Å². The number of halogens is 3. The molecule has 0 aliphatic heterocycles. The lowest BCUT2D eigenvalue weighted by Crippen LogP contribution is -2.27. The summed E-state index contributed by atoms with van der Waals surface area (Å²) in [6.07, 6.45) is -2.75. The van der Waals surface area contributed by atoms with Crippen LogP contribution in [0.25, 0.3) is 11.1 Å². The van der Waals surface area contributed by atoms with Crippen LogP contribution in [0.2, 0.25) is 0 Å². The Morgan fingerprint density at radius 3 is 2.26 bits per heavy atom. The number of alkyl halides is 3. The lowest BCUT2D eigenvalue weighted by Gasteiger charge is -2.16. The van der Waals surface area contributed by atoms with E-state index >= 15 is 0 Å². The van der Waals surface area contributed by atoms with Gasteiger partial charge >= 0.3 is 6.18 Å². The van der Waals surface area contributed by atoms with Gasteiger partial charge in [-0.3, -0.25) is 9.78 Å². The van der Waals surface area contributed by atoms with Gasteiger partial charge in [-0.1, -0.05) is 36.4 Å². The second-order valence-corrected chi connectivity index (χ2v) is 6.07. The maximum atomic E-state index is 12.8. The van der Waals surface area contributed by atoms with Crippen molar-refractivity contribution >= 4 is 5.91 Å². The Balaban J connectivity index is 1.86. The lowest BCUT2D eigenvalue weighted by atomic mass is 9.98. The summed E-state index contributed by atoms with van der Waals surface area (Å²) in [6.45, 7) is 1.82. The Labute approximate surface area is 154 Å². The first-order valence-corrected chi connectivity index (χ1v) is 8.34. The monoisotopic (exact) mass is 370 g/mol. The number of hydrogen-bond acceptors (Lipinski definition) is 2. The molecule has 0 fully saturated rings. The zero-order valence-corrected chi connectivity index (χ0v) is 14.5. The van der Waals surface area contributed by atoms with Crippen molar-refractivity contribution in [3.05, 3.63) is 89.7 Å². The molecule has 0 spiro atoms. The zero-order valence-electron chi connectivity index (χ0n) is 14.5. The summed E-state index contributed by atoms with van der Waals surface area (Å²) < 4.78 is 38.3. The molecule has 3 aromatic rings. The van der Waals surface area contributed by atoms with Crippen LogP contribution in [0, 0.1) is 0 Å². The first kappa shape index (κ1) is 18.6. The van der Waals surface area contributed by atoms with Crippen molar-refractivity contribution in [1.82, 2.24) is 10.3 Å². The van der Waals surface area contributed by atoms with Crippen LogP contribution in [0.1, 0.15) is 34.6 Å². The number of hydrogen-bond donors (Lipinski definition) is 1. The molecule has 6 heteroatoms. The van der Waals surface area contributed by atoms with E-state index in [0.717, 1.165) is 17.8 Å². The van der Waals surface area contributed by atoms with E-state index in [4.69, 9.17) is 0 Å². The van der Waals surface area contributed by atoms with Gasteiger partial charge in [-0.05, 0) is 48.4 Å². The summed E-state index contributed by atoms with van der Waals surface area (Å²) in [5, 5.41) is 2.88. The van der Waals surface area contributed by atoms with Gasteiger partial charge in [0, 0.05) is 11.8 Å². The third kappa shape index (κ3) is 4.34. The molecular weight excluding hydrogens is 353 g/mol. The highest BCUT2D eigenvalue weighted by Crippen LogP contribution is 2.32. The number of benzene rings is 2. The fourth-order valence-electron chi connectivity index (χ4n) is 2.75. The molecule has 27 heavy (non-hydrogen) atoms. The van der Waals surface area contributed by atoms with Crippen LogP contribution >= 0.6 is 0 Å². The highest BCUT2D eigenvalue weighted by atomic mass is 19.4. The van der Waals surface area contributed by atoms with Gasteiger partial charge in [0.05, 0.1) is 17.3 Å². The second-order valence-electron chi connectivity index (χ2n) is 6.07. The average Bonchev–Trinajstić information content (AvgIpc) is 2.68. The number of amides is 1. The molecule has 0 aliphatic carbocycles. The number of pyridine rings is 1. The molecule has 1 amide bonds. The van der Waals surface area contributed by atoms with E-state index in [1.165, 1.54) is 12.1 Å². The van der Waals surface area contributed by atoms with Crippen molar-refractivity contribution in [3.8, 4) is 11.1 Å². The van der Waals surface area contributed by atoms with E-state index in [2.05, 4.69) is 10.3 Å². The molecule has 0 radical (unpaired) electrons. The molecule has 2 aromatic carbocycles. The SMILES string of the molecule is CC(NC(=O)c1ccccc1-c1ccc(C(F)(F)F)cc1)c1ccccn1. The highest BCUT2D eigenvalue weighted by Gasteiger charge is 2.30. The van der Waals surface area contributed by atoms with Crippen LogP contribution in [0.3, 0.4) is 0 Å². The fourth-order valence-corrected chi connectivity index (χ4v) is 2.75. The number of rotatable bonds is 4. The van der Waals surface area contributed by atoms with Crippen LogP contribution in [0.5, 0.6) is 0 Å². The summed E-state index contributed by atoms with van der Waals surface area (Å²) in [6, 6.07) is 16.7. The molecule has 1 N–H and O–H groups in total. The van der Waals surface area contributed by atoms with E-state index in [1.54, 1.807) is 36.5 Å². The quantitative estimate of drug-likeness (QED) is 0.681. The molecule has 138 valence electrons. The van der Waals surface area contributed by atoms with Gasteiger partial charge in [0.15, 0.2) is 0 Å². The Morgan fingerprint density at radius 2 is 1.63 bits per heavy atom. The molecule has 1 atom stereocenters. The maximum absolute atomic E-state index is 12.8. The summed E-state index contributed by atoms with van der Waals surface area (Å²) in [4.78, 5) is 16.9. The van der Waals surface area contributed by atoms with Crippen LogP contribution in [-0.2, 0) is 6.18 Å². The minimum atomic E-state index is -4.40. The standard InChI is InChI=1S/C21H17F3N2O/c1-14(19-8-4-5-13-25-19)26-20(27)18-7-3-2-6-17(18)15-9-11-16(12-10-15)21(22,23)24/h2-14H,1H3,(H,26,27). The molecule has 1 aromatic heterocycles. The predicted molar refractivity (Wildman–Crippen MR) is 97.0 cm³/mol. The minimum Gasteiger partial charge on any atom is -0.344 e. The van der Waals surface area contributed by atoms with E-state index < -0.39 is 11.7 Å². The third-order valence-corrected chi connectivity index (χ3v) is 4.17. The van der Waals surface area contributed by atoms with Gasteiger partial charge in [0.2, 0.25) is 0 Å². The Morgan fingerprint density at radius 1 is 0.963 bits per heavy atom. The molecule has 0 bridgehead atoms. The van der Waals surface area contributed by atoms with Gasteiger partial charge in [0.1, 0.15) is 0 Å². The van der Waals surface area contributed by atoms with Gasteiger partial charge in [-0.25, -0.2) is 0 Å². The van der Waals surface area contributed by atoms with Crippen molar-refractivity contribution in [3.63, 3.8) is 0 Å². The van der Waals surface area contributed by atoms with Crippen molar-refractivity contribution < 1.29 is 18.0 Å². The van der Waals surface area contributed by atoms with Crippen molar-refractivity contribution in [2.75, 3.05) is 0 Å². The largest absolute Gasteiger partial charge is 0.416 e. The molecule has 3 rings (SSSR count). The summed E-state index contributed by atoms with van der Waals surface area (Å²) in [5.74, 6) is -0.316. The maximum Gasteiger partial charge on any atom is 0.416 e. The molecule has 0 saturated heterocycles. The summed E-state index contributed by atoms with van der Waals surface area (Å²) >= 11 is 0. The minimum absolute atomic E-state index is 0.306. The number of carbonyl (C=O) groups is 1. The Hall–Kier alpha value is -3.15. The smallest absolute Gasteiger partial charge is 0.344 e. The fraction of sp³-hybridized carbons (Fsp3) is 0.143. The van der Waals surface area contributed by atoms with E-state index in [-0.39, 0.29) is 11.9 Å². The summed E-state index contributed by atoms with van der Waals surface area (Å²) in [7, 11) is 0. The molecule has 0 saturated carbocycles. The highest BCUT2D eigenvalue weighted by molar-refractivity contribution is 6.01. The molecule has 3 nitrogen and oxygen atoms in total. The van der Waals surface area contributed by atoms with Gasteiger partial charge in [0.25, 0.3) is 5.91 Å². The van der Waals surface area contributed by atoms with Crippen molar-refractivity contribution in [2.45, 2.75) is 19.1 Å². The van der Waals surface area contributed by atoms with Crippen molar-refractivity contribution in [2.24, 2.45) is 0 Å². The van der Waals surface area contributed by atoms with E-state index in [9.17, 15) is 18.0 Å². The topological polar surface area (TPSA) is 42.0 Å². The van der Waals surface area contributed by atoms with Gasteiger partial charge in [-0.15, -0.1) is 0 Å². The number of nitrogens with zero attached hydrogens (tertiary/aromatic N) is 1. The summed E-state index contributed by atoms with van der Waals surface area (Å²) in [5.41, 5.74) is 1.49. The molecular formula is C21H17F3N2O. The first-order chi connectivity index (χ1) is 12.9. The van der Waals surface area contributed by atoms with Crippen LogP contribution in [0.15, 0.2) is 72.9 Å². The van der Waals surface area contributed by atoms with Gasteiger partial charge in [-0.2, -0.15) is 13.2 Å². The first-order valence-electron chi connectivity index (χ1n) is 8.34. The molecule has 0 aliphatic rings.